The molecule has 0 spiro atoms. The molecule has 2 aromatic rings. The highest BCUT2D eigenvalue weighted by Gasteiger charge is 2.39. The molecule has 0 bridgehead atoms. The van der Waals surface area contributed by atoms with Crippen LogP contribution in [0.4, 0.5) is 4.79 Å². The van der Waals surface area contributed by atoms with E-state index in [1.807, 2.05) is 30.3 Å². The van der Waals surface area contributed by atoms with Gasteiger partial charge >= 0.3 is 6.03 Å². The molecule has 0 radical (unpaired) electrons. The molecule has 2 N–H and O–H groups in total. The molecule has 2 saturated heterocycles. The lowest BCUT2D eigenvalue weighted by atomic mass is 10.1. The summed E-state index contributed by atoms with van der Waals surface area (Å²) in [5.74, 6) is -0.415. The Bertz CT molecular complexity index is 816. The molecule has 1 aromatic heterocycles. The van der Waals surface area contributed by atoms with Gasteiger partial charge in [0.05, 0.1) is 18.3 Å². The van der Waals surface area contributed by atoms with E-state index >= 15 is 0 Å². The van der Waals surface area contributed by atoms with Crippen LogP contribution >= 0.6 is 0 Å². The zero-order valence-electron chi connectivity index (χ0n) is 13.4. The fourth-order valence-electron chi connectivity index (χ4n) is 3.30. The Hall–Kier alpha value is -3.16. The number of hydrogen-bond acceptors (Lipinski definition) is 4. The number of nitrogens with zero attached hydrogens (tertiary/aromatic N) is 3. The van der Waals surface area contributed by atoms with Gasteiger partial charge in [-0.25, -0.2) is 4.79 Å². The topological polar surface area (TPSA) is 98.4 Å². The zero-order chi connectivity index (χ0) is 17.4. The van der Waals surface area contributed by atoms with Crippen molar-refractivity contribution in [2.45, 2.75) is 12.5 Å². The lowest BCUT2D eigenvalue weighted by Crippen LogP contribution is -2.43. The summed E-state index contributed by atoms with van der Waals surface area (Å²) in [6, 6.07) is 10.7. The van der Waals surface area contributed by atoms with Crippen molar-refractivity contribution >= 4 is 17.8 Å². The number of likely N-dealkylation sites (tertiary alicyclic amines) is 1. The third-order valence-electron chi connectivity index (χ3n) is 4.57. The summed E-state index contributed by atoms with van der Waals surface area (Å²) in [4.78, 5) is 39.1. The smallest absolute Gasteiger partial charge is 0.324 e. The van der Waals surface area contributed by atoms with Crippen LogP contribution in [0.15, 0.2) is 36.4 Å². The summed E-state index contributed by atoms with van der Waals surface area (Å²) in [5.41, 5.74) is 2.03. The number of aromatic nitrogens is 2. The first-order valence-corrected chi connectivity index (χ1v) is 8.13. The molecule has 25 heavy (non-hydrogen) atoms. The summed E-state index contributed by atoms with van der Waals surface area (Å²) < 4.78 is 0. The van der Waals surface area contributed by atoms with E-state index in [0.717, 1.165) is 5.56 Å². The van der Waals surface area contributed by atoms with Crippen molar-refractivity contribution in [1.29, 1.82) is 0 Å². The molecule has 4 rings (SSSR count). The van der Waals surface area contributed by atoms with E-state index in [-0.39, 0.29) is 30.4 Å². The van der Waals surface area contributed by atoms with Crippen molar-refractivity contribution in [3.63, 3.8) is 0 Å². The maximum Gasteiger partial charge on any atom is 0.324 e. The fraction of sp³-hybridized carbons (Fsp3) is 0.294. The van der Waals surface area contributed by atoms with E-state index in [9.17, 15) is 14.4 Å². The van der Waals surface area contributed by atoms with Crippen LogP contribution in [-0.4, -0.2) is 63.5 Å². The van der Waals surface area contributed by atoms with Gasteiger partial charge in [0.15, 0.2) is 0 Å². The van der Waals surface area contributed by atoms with Crippen LogP contribution in [0.25, 0.3) is 11.3 Å². The number of amides is 4. The molecule has 2 fully saturated rings. The van der Waals surface area contributed by atoms with E-state index in [4.69, 9.17) is 0 Å². The highest BCUT2D eigenvalue weighted by atomic mass is 16.2. The molecule has 1 aromatic carbocycles. The van der Waals surface area contributed by atoms with Gasteiger partial charge in [0.25, 0.3) is 5.91 Å². The second-order valence-corrected chi connectivity index (χ2v) is 6.15. The first-order valence-electron chi connectivity index (χ1n) is 8.13. The van der Waals surface area contributed by atoms with Crippen molar-refractivity contribution < 1.29 is 14.4 Å². The van der Waals surface area contributed by atoms with Crippen LogP contribution < -0.4 is 5.32 Å². The number of carbonyl (C=O) groups excluding carboxylic acids is 3. The largest absolute Gasteiger partial charge is 0.335 e. The lowest BCUT2D eigenvalue weighted by Gasteiger charge is -2.21. The van der Waals surface area contributed by atoms with Gasteiger partial charge in [0.1, 0.15) is 5.69 Å². The van der Waals surface area contributed by atoms with Gasteiger partial charge in [-0.15, -0.1) is 0 Å². The number of imide groups is 1. The standard InChI is InChI=1S/C17H17N5O3/c23-15-9-18-17(25)22(15)12-6-7-21(10-12)16(24)14-8-13(19-20-14)11-4-2-1-3-5-11/h1-5,8,12H,6-7,9-10H2,(H,18,25)(H,19,20). The molecule has 4 amide bonds. The molecule has 8 heteroatoms. The Kier molecular flexibility index (Phi) is 3.72. The van der Waals surface area contributed by atoms with E-state index in [0.29, 0.717) is 30.9 Å². The Morgan fingerprint density at radius 2 is 2.00 bits per heavy atom. The molecule has 2 aliphatic heterocycles. The number of rotatable bonds is 3. The number of aromatic amines is 1. The third kappa shape index (κ3) is 2.75. The number of nitrogens with one attached hydrogen (secondary N) is 2. The van der Waals surface area contributed by atoms with Crippen LogP contribution in [-0.2, 0) is 4.79 Å². The summed E-state index contributed by atoms with van der Waals surface area (Å²) in [5, 5.41) is 9.49. The van der Waals surface area contributed by atoms with Crippen LogP contribution in [0, 0.1) is 0 Å². The molecule has 3 heterocycles. The maximum atomic E-state index is 12.7. The fourth-order valence-corrected chi connectivity index (χ4v) is 3.30. The molecule has 1 unspecified atom stereocenters. The van der Waals surface area contributed by atoms with Crippen molar-refractivity contribution in [2.24, 2.45) is 0 Å². The average Bonchev–Trinajstić information content (AvgIpc) is 3.35. The normalized spacial score (nSPS) is 20.2. The highest BCUT2D eigenvalue weighted by Crippen LogP contribution is 2.22. The average molecular weight is 339 g/mol. The molecule has 0 aliphatic carbocycles. The molecule has 8 nitrogen and oxygen atoms in total. The Morgan fingerprint density at radius 1 is 1.20 bits per heavy atom. The van der Waals surface area contributed by atoms with Gasteiger partial charge in [0, 0.05) is 18.7 Å². The Morgan fingerprint density at radius 3 is 2.72 bits per heavy atom. The Labute approximate surface area is 143 Å². The van der Waals surface area contributed by atoms with Crippen LogP contribution in [0.5, 0.6) is 0 Å². The molecule has 1 atom stereocenters. The zero-order valence-corrected chi connectivity index (χ0v) is 13.4. The molecule has 0 saturated carbocycles. The van der Waals surface area contributed by atoms with Gasteiger partial charge in [-0.3, -0.25) is 19.6 Å². The Balaban J connectivity index is 1.46. The predicted octanol–water partition coefficient (Wildman–Crippen LogP) is 0.843. The van der Waals surface area contributed by atoms with Gasteiger partial charge in [0.2, 0.25) is 5.91 Å². The molecular formula is C17H17N5O3. The maximum absolute atomic E-state index is 12.7. The first-order chi connectivity index (χ1) is 12.1. The monoisotopic (exact) mass is 339 g/mol. The van der Waals surface area contributed by atoms with Crippen LogP contribution in [0.2, 0.25) is 0 Å². The van der Waals surface area contributed by atoms with Gasteiger partial charge in [-0.05, 0) is 12.5 Å². The molecule has 2 aliphatic rings. The van der Waals surface area contributed by atoms with Crippen molar-refractivity contribution in [3.05, 3.63) is 42.1 Å². The minimum absolute atomic E-state index is 0.0320. The first kappa shape index (κ1) is 15.4. The highest BCUT2D eigenvalue weighted by molar-refractivity contribution is 6.02. The molecule has 128 valence electrons. The quantitative estimate of drug-likeness (QED) is 0.810. The van der Waals surface area contributed by atoms with Crippen molar-refractivity contribution in [2.75, 3.05) is 19.6 Å². The number of H-pyrrole nitrogens is 1. The minimum atomic E-state index is -0.378. The number of benzene rings is 1. The third-order valence-corrected chi connectivity index (χ3v) is 4.57. The second-order valence-electron chi connectivity index (χ2n) is 6.15. The van der Waals surface area contributed by atoms with E-state index < -0.39 is 0 Å². The summed E-state index contributed by atoms with van der Waals surface area (Å²) in [6.45, 7) is 0.877. The number of urea groups is 1. The van der Waals surface area contributed by atoms with E-state index in [1.54, 1.807) is 11.0 Å². The van der Waals surface area contributed by atoms with Crippen LogP contribution in [0.3, 0.4) is 0 Å². The number of hydrogen-bond donors (Lipinski definition) is 2. The second kappa shape index (κ2) is 6.04. The summed E-state index contributed by atoms with van der Waals surface area (Å²) >= 11 is 0. The summed E-state index contributed by atoms with van der Waals surface area (Å²) in [7, 11) is 0. The number of carbonyl (C=O) groups is 3. The van der Waals surface area contributed by atoms with Crippen molar-refractivity contribution in [3.8, 4) is 11.3 Å². The lowest BCUT2D eigenvalue weighted by molar-refractivity contribution is -0.126. The predicted molar refractivity (Wildman–Crippen MR) is 88.6 cm³/mol. The van der Waals surface area contributed by atoms with Gasteiger partial charge in [-0.2, -0.15) is 5.10 Å². The van der Waals surface area contributed by atoms with E-state index in [2.05, 4.69) is 15.5 Å². The minimum Gasteiger partial charge on any atom is -0.335 e. The van der Waals surface area contributed by atoms with Gasteiger partial charge < -0.3 is 10.2 Å². The van der Waals surface area contributed by atoms with Crippen molar-refractivity contribution in [1.82, 2.24) is 25.3 Å². The summed E-state index contributed by atoms with van der Waals surface area (Å²) in [6.07, 6.45) is 0.588. The van der Waals surface area contributed by atoms with Gasteiger partial charge in [-0.1, -0.05) is 30.3 Å². The molecular weight excluding hydrogens is 322 g/mol. The SMILES string of the molecule is O=C(c1cc(-c2ccccc2)n[nH]1)N1CCC(N2C(=O)CNC2=O)C1. The van der Waals surface area contributed by atoms with Crippen LogP contribution in [0.1, 0.15) is 16.9 Å². The van der Waals surface area contributed by atoms with E-state index in [1.165, 1.54) is 4.90 Å².